The SMILES string of the molecule is C=CCc1cccc2c1OC[NH+](Cc1ccccc1)C2.[Br-]. The molecule has 0 bridgehead atoms. The molecular formula is C18H20BrNO. The molecule has 0 amide bonds. The lowest BCUT2D eigenvalue weighted by Gasteiger charge is -2.27. The highest BCUT2D eigenvalue weighted by Gasteiger charge is 2.22. The van der Waals surface area contributed by atoms with Gasteiger partial charge in [0, 0.05) is 11.1 Å². The van der Waals surface area contributed by atoms with Gasteiger partial charge in [-0.15, -0.1) is 6.58 Å². The van der Waals surface area contributed by atoms with Gasteiger partial charge in [0.1, 0.15) is 18.8 Å². The van der Waals surface area contributed by atoms with E-state index in [9.17, 15) is 0 Å². The summed E-state index contributed by atoms with van der Waals surface area (Å²) in [4.78, 5) is 1.44. The fourth-order valence-corrected chi connectivity index (χ4v) is 2.77. The van der Waals surface area contributed by atoms with E-state index in [1.54, 1.807) is 0 Å². The van der Waals surface area contributed by atoms with Crippen molar-refractivity contribution in [1.29, 1.82) is 0 Å². The summed E-state index contributed by atoms with van der Waals surface area (Å²) in [7, 11) is 0. The third-order valence-electron chi connectivity index (χ3n) is 3.70. The van der Waals surface area contributed by atoms with Gasteiger partial charge in [-0.05, 0) is 18.1 Å². The third-order valence-corrected chi connectivity index (χ3v) is 3.70. The number of halogens is 1. The van der Waals surface area contributed by atoms with E-state index in [0.717, 1.165) is 32.0 Å². The molecule has 0 aliphatic carbocycles. The van der Waals surface area contributed by atoms with E-state index in [1.807, 2.05) is 6.08 Å². The number of fused-ring (bicyclic) bond motifs is 1. The maximum atomic E-state index is 6.01. The Morgan fingerprint density at radius 3 is 2.67 bits per heavy atom. The highest BCUT2D eigenvalue weighted by molar-refractivity contribution is 5.42. The van der Waals surface area contributed by atoms with Gasteiger partial charge < -0.3 is 21.7 Å². The molecular weight excluding hydrogens is 326 g/mol. The Morgan fingerprint density at radius 1 is 1.10 bits per heavy atom. The highest BCUT2D eigenvalue weighted by Crippen LogP contribution is 2.25. The number of hydrogen-bond donors (Lipinski definition) is 1. The van der Waals surface area contributed by atoms with Crippen molar-refractivity contribution in [2.75, 3.05) is 6.73 Å². The number of quaternary nitrogens is 1. The lowest BCUT2D eigenvalue weighted by molar-refractivity contribution is -0.945. The second-order valence-corrected chi connectivity index (χ2v) is 5.28. The minimum atomic E-state index is 0. The predicted molar refractivity (Wildman–Crippen MR) is 80.7 cm³/mol. The van der Waals surface area contributed by atoms with E-state index < -0.39 is 0 Å². The quantitative estimate of drug-likeness (QED) is 0.727. The molecule has 1 heterocycles. The summed E-state index contributed by atoms with van der Waals surface area (Å²) in [5, 5.41) is 0. The molecule has 0 fully saturated rings. The van der Waals surface area contributed by atoms with E-state index in [1.165, 1.54) is 21.6 Å². The number of nitrogens with one attached hydrogen (secondary N) is 1. The Hall–Kier alpha value is -1.58. The van der Waals surface area contributed by atoms with Crippen LogP contribution in [0, 0.1) is 0 Å². The predicted octanol–water partition coefficient (Wildman–Crippen LogP) is -0.646. The standard InChI is InChI=1S/C18H19NO.BrH/c1-2-7-16-10-6-11-17-13-19(14-20-18(16)17)12-15-8-4-3-5-9-15;/h2-6,8-11H,1,7,12-14H2;1H. The van der Waals surface area contributed by atoms with E-state index in [4.69, 9.17) is 4.74 Å². The molecule has 0 saturated carbocycles. The number of rotatable bonds is 4. The monoisotopic (exact) mass is 345 g/mol. The first-order chi connectivity index (χ1) is 9.86. The average molecular weight is 346 g/mol. The molecule has 1 N–H and O–H groups in total. The first-order valence-corrected chi connectivity index (χ1v) is 7.09. The molecule has 0 saturated heterocycles. The Kier molecular flexibility index (Phi) is 5.59. The van der Waals surface area contributed by atoms with Gasteiger partial charge in [-0.25, -0.2) is 0 Å². The molecule has 1 aliphatic heterocycles. The normalized spacial score (nSPS) is 16.3. The molecule has 2 nitrogen and oxygen atoms in total. The summed E-state index contributed by atoms with van der Waals surface area (Å²) in [6, 6.07) is 17.0. The summed E-state index contributed by atoms with van der Waals surface area (Å²) >= 11 is 0. The van der Waals surface area contributed by atoms with Gasteiger partial charge in [-0.2, -0.15) is 0 Å². The second kappa shape index (κ2) is 7.43. The van der Waals surface area contributed by atoms with Crippen molar-refractivity contribution in [3.05, 3.63) is 77.9 Å². The molecule has 2 aromatic rings. The molecule has 0 spiro atoms. The molecule has 21 heavy (non-hydrogen) atoms. The Morgan fingerprint density at radius 2 is 1.90 bits per heavy atom. The van der Waals surface area contributed by atoms with E-state index in [-0.39, 0.29) is 17.0 Å². The molecule has 110 valence electrons. The van der Waals surface area contributed by atoms with Crippen LogP contribution in [0.3, 0.4) is 0 Å². The first kappa shape index (κ1) is 15.8. The topological polar surface area (TPSA) is 13.7 Å². The van der Waals surface area contributed by atoms with E-state index >= 15 is 0 Å². The van der Waals surface area contributed by atoms with Crippen LogP contribution in [0.25, 0.3) is 0 Å². The Bertz CT molecular complexity index is 597. The molecule has 3 rings (SSSR count). The van der Waals surface area contributed by atoms with Crippen molar-refractivity contribution >= 4 is 0 Å². The van der Waals surface area contributed by atoms with Gasteiger partial charge in [-0.3, -0.25) is 4.90 Å². The number of allylic oxidation sites excluding steroid dienone is 1. The third kappa shape index (κ3) is 3.74. The van der Waals surface area contributed by atoms with Crippen LogP contribution < -0.4 is 26.6 Å². The van der Waals surface area contributed by atoms with Crippen LogP contribution >= 0.6 is 0 Å². The van der Waals surface area contributed by atoms with Crippen molar-refractivity contribution in [3.63, 3.8) is 0 Å². The summed E-state index contributed by atoms with van der Waals surface area (Å²) in [5.74, 6) is 1.07. The number of hydrogen-bond acceptors (Lipinski definition) is 1. The van der Waals surface area contributed by atoms with Crippen molar-refractivity contribution in [1.82, 2.24) is 0 Å². The molecule has 3 heteroatoms. The van der Waals surface area contributed by atoms with Crippen LogP contribution in [0.5, 0.6) is 5.75 Å². The summed E-state index contributed by atoms with van der Waals surface area (Å²) in [6.45, 7) is 6.58. The van der Waals surface area contributed by atoms with Gasteiger partial charge >= 0.3 is 0 Å². The molecule has 2 aromatic carbocycles. The van der Waals surface area contributed by atoms with Gasteiger partial charge in [-0.1, -0.05) is 48.5 Å². The van der Waals surface area contributed by atoms with Crippen molar-refractivity contribution < 1.29 is 26.6 Å². The van der Waals surface area contributed by atoms with Crippen LogP contribution in [-0.4, -0.2) is 6.73 Å². The lowest BCUT2D eigenvalue weighted by atomic mass is 10.0. The number of benzene rings is 2. The van der Waals surface area contributed by atoms with Gasteiger partial charge in [0.2, 0.25) is 6.73 Å². The van der Waals surface area contributed by atoms with Crippen LogP contribution in [0.2, 0.25) is 0 Å². The molecule has 1 aliphatic rings. The first-order valence-electron chi connectivity index (χ1n) is 7.09. The zero-order chi connectivity index (χ0) is 13.8. The molecule has 0 radical (unpaired) electrons. The summed E-state index contributed by atoms with van der Waals surface area (Å²) in [6.07, 6.45) is 2.80. The second-order valence-electron chi connectivity index (χ2n) is 5.28. The summed E-state index contributed by atoms with van der Waals surface area (Å²) in [5.41, 5.74) is 3.91. The fourth-order valence-electron chi connectivity index (χ4n) is 2.77. The maximum absolute atomic E-state index is 6.01. The Labute approximate surface area is 136 Å². The van der Waals surface area contributed by atoms with Crippen molar-refractivity contribution in [2.24, 2.45) is 0 Å². The number of ether oxygens (including phenoxy) is 1. The minimum Gasteiger partial charge on any atom is -1.00 e. The fraction of sp³-hybridized carbons (Fsp3) is 0.222. The average Bonchev–Trinajstić information content (AvgIpc) is 2.49. The molecule has 0 aromatic heterocycles. The Balaban J connectivity index is 0.00000161. The minimum absolute atomic E-state index is 0. The smallest absolute Gasteiger partial charge is 0.222 e. The summed E-state index contributed by atoms with van der Waals surface area (Å²) < 4.78 is 6.01. The van der Waals surface area contributed by atoms with Crippen LogP contribution in [0.4, 0.5) is 0 Å². The maximum Gasteiger partial charge on any atom is 0.222 e. The van der Waals surface area contributed by atoms with E-state index in [0.29, 0.717) is 0 Å². The van der Waals surface area contributed by atoms with Gasteiger partial charge in [0.05, 0.1) is 0 Å². The number of para-hydroxylation sites is 1. The largest absolute Gasteiger partial charge is 1.00 e. The zero-order valence-electron chi connectivity index (χ0n) is 12.0. The van der Waals surface area contributed by atoms with Gasteiger partial charge in [0.25, 0.3) is 0 Å². The highest BCUT2D eigenvalue weighted by atomic mass is 79.9. The van der Waals surface area contributed by atoms with Crippen LogP contribution in [0.15, 0.2) is 61.2 Å². The molecule has 1 unspecified atom stereocenters. The van der Waals surface area contributed by atoms with Crippen molar-refractivity contribution in [3.8, 4) is 5.75 Å². The van der Waals surface area contributed by atoms with Crippen LogP contribution in [0.1, 0.15) is 16.7 Å². The zero-order valence-corrected chi connectivity index (χ0v) is 13.6. The lowest BCUT2D eigenvalue weighted by Crippen LogP contribution is -3.10. The van der Waals surface area contributed by atoms with Crippen LogP contribution in [-0.2, 0) is 19.5 Å². The van der Waals surface area contributed by atoms with Crippen molar-refractivity contribution in [2.45, 2.75) is 19.5 Å². The van der Waals surface area contributed by atoms with Gasteiger partial charge in [0.15, 0.2) is 0 Å². The molecule has 1 atom stereocenters. The van der Waals surface area contributed by atoms with E-state index in [2.05, 4.69) is 55.1 Å².